The predicted octanol–water partition coefficient (Wildman–Crippen LogP) is 2.57. The molecule has 2 aliphatic heterocycles. The summed E-state index contributed by atoms with van der Waals surface area (Å²) >= 11 is 1.76. The van der Waals surface area contributed by atoms with E-state index in [0.29, 0.717) is 6.04 Å². The van der Waals surface area contributed by atoms with Crippen molar-refractivity contribution in [1.29, 1.82) is 0 Å². The second-order valence-corrected chi connectivity index (χ2v) is 6.57. The van der Waals surface area contributed by atoms with E-state index >= 15 is 0 Å². The predicted molar refractivity (Wildman–Crippen MR) is 82.4 cm³/mol. The summed E-state index contributed by atoms with van der Waals surface area (Å²) in [6, 6.07) is 4.87. The van der Waals surface area contributed by atoms with Crippen LogP contribution in [0.2, 0.25) is 0 Å². The van der Waals surface area contributed by atoms with E-state index in [1.807, 2.05) is 6.20 Å². The summed E-state index contributed by atoms with van der Waals surface area (Å²) in [7, 11) is 0. The summed E-state index contributed by atoms with van der Waals surface area (Å²) in [5, 5.41) is 6.80. The van der Waals surface area contributed by atoms with Crippen LogP contribution in [0.5, 0.6) is 0 Å². The summed E-state index contributed by atoms with van der Waals surface area (Å²) in [5.41, 5.74) is 0. The van der Waals surface area contributed by atoms with Crippen molar-refractivity contribution in [3.8, 4) is 0 Å². The van der Waals surface area contributed by atoms with Crippen molar-refractivity contribution >= 4 is 27.2 Å². The van der Waals surface area contributed by atoms with E-state index in [-0.39, 0.29) is 6.10 Å². The lowest BCUT2D eigenvalue weighted by Crippen LogP contribution is -2.48. The number of fused-ring (bicyclic) bond motifs is 2. The molecule has 2 saturated heterocycles. The highest BCUT2D eigenvalue weighted by Gasteiger charge is 2.32. The molecule has 2 fully saturated rings. The molecule has 4 nitrogen and oxygen atoms in total. The maximum atomic E-state index is 5.98. The summed E-state index contributed by atoms with van der Waals surface area (Å²) in [6.07, 6.45) is 4.78. The van der Waals surface area contributed by atoms with Gasteiger partial charge in [-0.05, 0) is 36.9 Å². The standard InChI is InChI=1S/C15H19N3OS/c1-2-11-10-19-12(9-18(11)6-1)8-17-15-13-4-7-20-14(13)3-5-16-15/h3-5,7,11-12H,1-2,6,8-10H2,(H,16,17). The van der Waals surface area contributed by atoms with Gasteiger partial charge in [-0.1, -0.05) is 0 Å². The monoisotopic (exact) mass is 289 g/mol. The van der Waals surface area contributed by atoms with E-state index in [1.165, 1.54) is 29.5 Å². The van der Waals surface area contributed by atoms with Gasteiger partial charge in [-0.15, -0.1) is 11.3 Å². The number of nitrogens with zero attached hydrogens (tertiary/aromatic N) is 2. The molecule has 1 N–H and O–H groups in total. The van der Waals surface area contributed by atoms with Crippen LogP contribution in [-0.2, 0) is 4.74 Å². The Kier molecular flexibility index (Phi) is 3.34. The zero-order chi connectivity index (χ0) is 13.4. The summed E-state index contributed by atoms with van der Waals surface area (Å²) in [6.45, 7) is 4.02. The Morgan fingerprint density at radius 1 is 1.45 bits per heavy atom. The van der Waals surface area contributed by atoms with E-state index in [1.54, 1.807) is 11.3 Å². The number of hydrogen-bond donors (Lipinski definition) is 1. The highest BCUT2D eigenvalue weighted by molar-refractivity contribution is 7.17. The number of thiophene rings is 1. The topological polar surface area (TPSA) is 37.4 Å². The summed E-state index contributed by atoms with van der Waals surface area (Å²) in [4.78, 5) is 7.03. The fraction of sp³-hybridized carbons (Fsp3) is 0.533. The molecule has 2 unspecified atom stereocenters. The lowest BCUT2D eigenvalue weighted by atomic mass is 10.2. The van der Waals surface area contributed by atoms with Crippen molar-refractivity contribution in [2.45, 2.75) is 25.0 Å². The fourth-order valence-electron chi connectivity index (χ4n) is 3.26. The van der Waals surface area contributed by atoms with Crippen LogP contribution in [0, 0.1) is 0 Å². The molecule has 0 aromatic carbocycles. The molecule has 0 radical (unpaired) electrons. The molecule has 0 bridgehead atoms. The van der Waals surface area contributed by atoms with Crippen LogP contribution < -0.4 is 5.32 Å². The van der Waals surface area contributed by atoms with Gasteiger partial charge >= 0.3 is 0 Å². The first-order chi connectivity index (χ1) is 9.90. The van der Waals surface area contributed by atoms with Crippen LogP contribution in [0.25, 0.3) is 10.1 Å². The molecular formula is C15H19N3OS. The molecule has 5 heteroatoms. The van der Waals surface area contributed by atoms with E-state index < -0.39 is 0 Å². The summed E-state index contributed by atoms with van der Waals surface area (Å²) < 4.78 is 7.26. The number of morpholine rings is 1. The molecule has 0 aliphatic carbocycles. The Balaban J connectivity index is 1.42. The van der Waals surface area contributed by atoms with Crippen LogP contribution in [0.1, 0.15) is 12.8 Å². The Bertz CT molecular complexity index is 600. The Hall–Kier alpha value is -1.17. The zero-order valence-electron chi connectivity index (χ0n) is 11.4. The van der Waals surface area contributed by atoms with Crippen molar-refractivity contribution < 1.29 is 4.74 Å². The van der Waals surface area contributed by atoms with E-state index in [9.17, 15) is 0 Å². The SMILES string of the molecule is c1cc2sccc2c(NCC2CN3CCCC3CO2)n1. The number of rotatable bonds is 3. The van der Waals surface area contributed by atoms with Gasteiger partial charge in [0, 0.05) is 35.4 Å². The molecule has 106 valence electrons. The van der Waals surface area contributed by atoms with E-state index in [4.69, 9.17) is 4.74 Å². The van der Waals surface area contributed by atoms with Crippen LogP contribution in [0.3, 0.4) is 0 Å². The molecule has 2 aromatic rings. The number of pyridine rings is 1. The van der Waals surface area contributed by atoms with Gasteiger partial charge in [0.15, 0.2) is 0 Å². The average Bonchev–Trinajstić information content (AvgIpc) is 3.13. The van der Waals surface area contributed by atoms with E-state index in [2.05, 4.69) is 32.7 Å². The third-order valence-electron chi connectivity index (χ3n) is 4.34. The van der Waals surface area contributed by atoms with Crippen LogP contribution >= 0.6 is 11.3 Å². The van der Waals surface area contributed by atoms with Crippen LogP contribution in [0.4, 0.5) is 5.82 Å². The quantitative estimate of drug-likeness (QED) is 0.942. The van der Waals surface area contributed by atoms with Gasteiger partial charge in [0.2, 0.25) is 0 Å². The van der Waals surface area contributed by atoms with Crippen molar-refractivity contribution in [1.82, 2.24) is 9.88 Å². The van der Waals surface area contributed by atoms with Gasteiger partial charge in [0.25, 0.3) is 0 Å². The number of nitrogens with one attached hydrogen (secondary N) is 1. The fourth-order valence-corrected chi connectivity index (χ4v) is 4.04. The first-order valence-corrected chi connectivity index (χ1v) is 8.20. The third kappa shape index (κ3) is 2.30. The molecule has 0 amide bonds. The maximum Gasteiger partial charge on any atom is 0.134 e. The van der Waals surface area contributed by atoms with Crippen LogP contribution in [0.15, 0.2) is 23.7 Å². The average molecular weight is 289 g/mol. The largest absolute Gasteiger partial charge is 0.373 e. The molecule has 0 saturated carbocycles. The molecule has 0 spiro atoms. The van der Waals surface area contributed by atoms with Crippen molar-refractivity contribution in [2.75, 3.05) is 31.6 Å². The lowest BCUT2D eigenvalue weighted by Gasteiger charge is -2.35. The van der Waals surface area contributed by atoms with Gasteiger partial charge < -0.3 is 10.1 Å². The third-order valence-corrected chi connectivity index (χ3v) is 5.22. The number of anilines is 1. The van der Waals surface area contributed by atoms with Gasteiger partial charge in [-0.25, -0.2) is 4.98 Å². The van der Waals surface area contributed by atoms with Gasteiger partial charge in [0.05, 0.1) is 12.7 Å². The minimum atomic E-state index is 0.278. The highest BCUT2D eigenvalue weighted by atomic mass is 32.1. The first kappa shape index (κ1) is 12.6. The maximum absolute atomic E-state index is 5.98. The van der Waals surface area contributed by atoms with Gasteiger partial charge in [-0.3, -0.25) is 4.90 Å². The second kappa shape index (κ2) is 5.31. The number of ether oxygens (including phenoxy) is 1. The van der Waals surface area contributed by atoms with Crippen molar-refractivity contribution in [3.05, 3.63) is 23.7 Å². The Morgan fingerprint density at radius 2 is 2.45 bits per heavy atom. The van der Waals surface area contributed by atoms with Gasteiger partial charge in [0.1, 0.15) is 5.82 Å². The Morgan fingerprint density at radius 3 is 3.45 bits per heavy atom. The molecule has 20 heavy (non-hydrogen) atoms. The minimum Gasteiger partial charge on any atom is -0.373 e. The lowest BCUT2D eigenvalue weighted by molar-refractivity contribution is -0.0415. The van der Waals surface area contributed by atoms with Crippen molar-refractivity contribution in [2.24, 2.45) is 0 Å². The Labute approximate surface area is 122 Å². The molecule has 4 rings (SSSR count). The number of hydrogen-bond acceptors (Lipinski definition) is 5. The molecule has 4 heterocycles. The van der Waals surface area contributed by atoms with Crippen molar-refractivity contribution in [3.63, 3.8) is 0 Å². The smallest absolute Gasteiger partial charge is 0.134 e. The van der Waals surface area contributed by atoms with E-state index in [0.717, 1.165) is 25.5 Å². The molecule has 2 aromatic heterocycles. The molecule has 2 atom stereocenters. The minimum absolute atomic E-state index is 0.278. The molecular weight excluding hydrogens is 270 g/mol. The van der Waals surface area contributed by atoms with Gasteiger partial charge in [-0.2, -0.15) is 0 Å². The zero-order valence-corrected chi connectivity index (χ0v) is 12.2. The first-order valence-electron chi connectivity index (χ1n) is 7.32. The number of aromatic nitrogens is 1. The highest BCUT2D eigenvalue weighted by Crippen LogP contribution is 2.26. The van der Waals surface area contributed by atoms with Crippen LogP contribution in [-0.4, -0.2) is 48.3 Å². The normalized spacial score (nSPS) is 26.8. The second-order valence-electron chi connectivity index (χ2n) is 5.62. The summed E-state index contributed by atoms with van der Waals surface area (Å²) in [5.74, 6) is 0.982. The molecule has 2 aliphatic rings.